The Labute approximate surface area is 113 Å². The molecule has 0 spiro atoms. The average Bonchev–Trinajstić information content (AvgIpc) is 2.69. The summed E-state index contributed by atoms with van der Waals surface area (Å²) in [6, 6.07) is -0.142. The van der Waals surface area contributed by atoms with Gasteiger partial charge in [0.15, 0.2) is 0 Å². The zero-order valence-electron chi connectivity index (χ0n) is 10.6. The fraction of sp³-hybridized carbons (Fsp3) is 0.636. The minimum Gasteiger partial charge on any atom is -0.347 e. The third-order valence-corrected chi connectivity index (χ3v) is 3.00. The van der Waals surface area contributed by atoms with Crippen molar-refractivity contribution < 1.29 is 4.79 Å². The lowest BCUT2D eigenvalue weighted by atomic mass is 10.0. The number of nitrogens with zero attached hydrogens (tertiary/aromatic N) is 2. The predicted molar refractivity (Wildman–Crippen MR) is 73.5 cm³/mol. The van der Waals surface area contributed by atoms with Crippen molar-refractivity contribution in [2.24, 2.45) is 5.92 Å². The minimum atomic E-state index is -0.142. The number of carbonyl (C=O) groups is 1. The van der Waals surface area contributed by atoms with Gasteiger partial charge in [-0.2, -0.15) is 0 Å². The number of nitrogens with one attached hydrogen (secondary N) is 1. The summed E-state index contributed by atoms with van der Waals surface area (Å²) in [6.45, 7) is 4.73. The van der Waals surface area contributed by atoms with Gasteiger partial charge >= 0.3 is 0 Å². The lowest BCUT2D eigenvalue weighted by Gasteiger charge is -2.24. The molecule has 0 radical (unpaired) electrons. The summed E-state index contributed by atoms with van der Waals surface area (Å²) in [5.41, 5.74) is 2.79. The Balaban J connectivity index is 0.00000256. The van der Waals surface area contributed by atoms with E-state index in [1.807, 2.05) is 19.2 Å². The fourth-order valence-electron chi connectivity index (χ4n) is 1.43. The zero-order chi connectivity index (χ0) is 12.1. The number of rotatable bonds is 5. The minimum absolute atomic E-state index is 0. The van der Waals surface area contributed by atoms with Crippen LogP contribution in [0.2, 0.25) is 0 Å². The number of carbonyl (C=O) groups excluding carboxylic acids is 1. The average molecular weight is 278 g/mol. The molecule has 17 heavy (non-hydrogen) atoms. The summed E-state index contributed by atoms with van der Waals surface area (Å²) in [7, 11) is 3.56. The van der Waals surface area contributed by atoms with Gasteiger partial charge in [-0.1, -0.05) is 13.8 Å². The second kappa shape index (κ2) is 7.63. The molecule has 0 bridgehead atoms. The Hall–Kier alpha value is -0.650. The summed E-state index contributed by atoms with van der Waals surface area (Å²) in [5.74, 6) is 0.388. The normalized spacial score (nSPS) is 12.1. The molecule has 1 atom stereocenters. The van der Waals surface area contributed by atoms with Crippen LogP contribution in [0.3, 0.4) is 0 Å². The van der Waals surface area contributed by atoms with E-state index >= 15 is 0 Å². The number of halogens is 1. The van der Waals surface area contributed by atoms with E-state index in [2.05, 4.69) is 10.3 Å². The van der Waals surface area contributed by atoms with E-state index in [1.54, 1.807) is 35.8 Å². The molecular formula is C11H20ClN3OS. The maximum Gasteiger partial charge on any atom is 0.239 e. The van der Waals surface area contributed by atoms with Crippen LogP contribution in [-0.4, -0.2) is 35.9 Å². The lowest BCUT2D eigenvalue weighted by Crippen LogP contribution is -2.46. The van der Waals surface area contributed by atoms with Crippen LogP contribution in [0.1, 0.15) is 19.5 Å². The number of amides is 1. The van der Waals surface area contributed by atoms with Crippen molar-refractivity contribution in [1.29, 1.82) is 0 Å². The largest absolute Gasteiger partial charge is 0.347 e. The molecule has 1 heterocycles. The van der Waals surface area contributed by atoms with E-state index in [9.17, 15) is 4.79 Å². The van der Waals surface area contributed by atoms with E-state index in [-0.39, 0.29) is 30.3 Å². The number of hydrogen-bond acceptors (Lipinski definition) is 4. The van der Waals surface area contributed by atoms with Crippen molar-refractivity contribution in [3.63, 3.8) is 0 Å². The van der Waals surface area contributed by atoms with Gasteiger partial charge in [0, 0.05) is 26.0 Å². The first-order valence-electron chi connectivity index (χ1n) is 5.34. The molecule has 6 heteroatoms. The maximum absolute atomic E-state index is 11.9. The van der Waals surface area contributed by atoms with Gasteiger partial charge in [0.25, 0.3) is 0 Å². The molecular weight excluding hydrogens is 258 g/mol. The molecule has 0 aliphatic heterocycles. The molecule has 0 aliphatic rings. The first-order valence-corrected chi connectivity index (χ1v) is 6.28. The number of hydrogen-bond donors (Lipinski definition) is 1. The van der Waals surface area contributed by atoms with Crippen LogP contribution in [0.25, 0.3) is 0 Å². The van der Waals surface area contributed by atoms with Crippen LogP contribution in [-0.2, 0) is 11.3 Å². The fourth-order valence-corrected chi connectivity index (χ4v) is 1.98. The quantitative estimate of drug-likeness (QED) is 0.892. The van der Waals surface area contributed by atoms with Crippen molar-refractivity contribution >= 4 is 29.7 Å². The standard InChI is InChI=1S/C11H19N3OS.ClH/c1-8(2)10(11(15)14(3)4)12-5-9-6-16-7-13-9;/h6-8,10,12H,5H2,1-4H3;1H. The van der Waals surface area contributed by atoms with Crippen LogP contribution in [0.5, 0.6) is 0 Å². The molecule has 1 rings (SSSR count). The Morgan fingerprint density at radius 1 is 1.53 bits per heavy atom. The molecule has 0 aliphatic carbocycles. The molecule has 0 aromatic carbocycles. The highest BCUT2D eigenvalue weighted by Gasteiger charge is 2.22. The Bertz CT molecular complexity index is 327. The lowest BCUT2D eigenvalue weighted by molar-refractivity contribution is -0.132. The van der Waals surface area contributed by atoms with E-state index in [4.69, 9.17) is 0 Å². The maximum atomic E-state index is 11.9. The first kappa shape index (κ1) is 16.4. The van der Waals surface area contributed by atoms with E-state index in [1.165, 1.54) is 0 Å². The van der Waals surface area contributed by atoms with E-state index in [0.717, 1.165) is 5.69 Å². The van der Waals surface area contributed by atoms with Gasteiger partial charge in [-0.3, -0.25) is 10.1 Å². The third kappa shape index (κ3) is 5.02. The molecule has 1 aromatic rings. The van der Waals surface area contributed by atoms with Gasteiger partial charge < -0.3 is 4.90 Å². The van der Waals surface area contributed by atoms with Crippen LogP contribution in [0.15, 0.2) is 10.9 Å². The van der Waals surface area contributed by atoms with Crippen molar-refractivity contribution in [1.82, 2.24) is 15.2 Å². The predicted octanol–water partition coefficient (Wildman–Crippen LogP) is 1.77. The molecule has 1 aromatic heterocycles. The van der Waals surface area contributed by atoms with E-state index in [0.29, 0.717) is 6.54 Å². The summed E-state index contributed by atoms with van der Waals surface area (Å²) in [6.07, 6.45) is 0. The highest BCUT2D eigenvalue weighted by atomic mass is 35.5. The summed E-state index contributed by atoms with van der Waals surface area (Å²) < 4.78 is 0. The van der Waals surface area contributed by atoms with Crippen molar-refractivity contribution in [2.45, 2.75) is 26.4 Å². The smallest absolute Gasteiger partial charge is 0.239 e. The van der Waals surface area contributed by atoms with Gasteiger partial charge in [0.1, 0.15) is 0 Å². The van der Waals surface area contributed by atoms with Crippen LogP contribution in [0, 0.1) is 5.92 Å². The second-order valence-corrected chi connectivity index (χ2v) is 5.03. The van der Waals surface area contributed by atoms with Gasteiger partial charge in [0.05, 0.1) is 17.2 Å². The van der Waals surface area contributed by atoms with Crippen LogP contribution in [0.4, 0.5) is 0 Å². The highest BCUT2D eigenvalue weighted by Crippen LogP contribution is 2.07. The third-order valence-electron chi connectivity index (χ3n) is 2.36. The van der Waals surface area contributed by atoms with Gasteiger partial charge in [0.2, 0.25) is 5.91 Å². The second-order valence-electron chi connectivity index (χ2n) is 4.32. The van der Waals surface area contributed by atoms with Gasteiger partial charge in [-0.15, -0.1) is 23.7 Å². The molecule has 0 fully saturated rings. The summed E-state index contributed by atoms with van der Waals surface area (Å²) in [4.78, 5) is 17.7. The highest BCUT2D eigenvalue weighted by molar-refractivity contribution is 7.07. The molecule has 0 saturated carbocycles. The Morgan fingerprint density at radius 3 is 2.59 bits per heavy atom. The summed E-state index contributed by atoms with van der Waals surface area (Å²) in [5, 5.41) is 5.25. The van der Waals surface area contributed by atoms with Crippen molar-refractivity contribution in [3.05, 3.63) is 16.6 Å². The first-order chi connectivity index (χ1) is 7.52. The van der Waals surface area contributed by atoms with Crippen molar-refractivity contribution in [3.8, 4) is 0 Å². The summed E-state index contributed by atoms with van der Waals surface area (Å²) >= 11 is 1.57. The molecule has 98 valence electrons. The molecule has 4 nitrogen and oxygen atoms in total. The number of likely N-dealkylation sites (N-methyl/N-ethyl adjacent to an activating group) is 1. The molecule has 0 saturated heterocycles. The topological polar surface area (TPSA) is 45.2 Å². The van der Waals surface area contributed by atoms with E-state index < -0.39 is 0 Å². The van der Waals surface area contributed by atoms with Crippen LogP contribution >= 0.6 is 23.7 Å². The zero-order valence-corrected chi connectivity index (χ0v) is 12.3. The monoisotopic (exact) mass is 277 g/mol. The number of aromatic nitrogens is 1. The van der Waals surface area contributed by atoms with Gasteiger partial charge in [-0.25, -0.2) is 4.98 Å². The Kier molecular flexibility index (Phi) is 7.34. The van der Waals surface area contributed by atoms with Crippen molar-refractivity contribution in [2.75, 3.05) is 14.1 Å². The number of thiazole rings is 1. The molecule has 1 unspecified atom stereocenters. The molecule has 1 amide bonds. The van der Waals surface area contributed by atoms with Crippen LogP contribution < -0.4 is 5.32 Å². The molecule has 1 N–H and O–H groups in total. The SMILES string of the molecule is CC(C)C(NCc1cscn1)C(=O)N(C)C.Cl. The van der Waals surface area contributed by atoms with Gasteiger partial charge in [-0.05, 0) is 5.92 Å². The Morgan fingerprint density at radius 2 is 2.18 bits per heavy atom.